The fourth-order valence-electron chi connectivity index (χ4n) is 4.04. The molecule has 150 valence electrons. The van der Waals surface area contributed by atoms with Crippen LogP contribution in [0.15, 0.2) is 22.7 Å². The Hall–Kier alpha value is -2.63. The minimum atomic E-state index is -0.452. The molecule has 1 aromatic carbocycles. The van der Waals surface area contributed by atoms with Crippen molar-refractivity contribution < 1.29 is 14.1 Å². The van der Waals surface area contributed by atoms with Crippen molar-refractivity contribution in [3.05, 3.63) is 40.6 Å². The van der Waals surface area contributed by atoms with Gasteiger partial charge < -0.3 is 14.7 Å². The highest BCUT2D eigenvalue weighted by atomic mass is 16.5. The third kappa shape index (κ3) is 4.11. The highest BCUT2D eigenvalue weighted by Gasteiger charge is 2.34. The average Bonchev–Trinajstić information content (AvgIpc) is 3.09. The summed E-state index contributed by atoms with van der Waals surface area (Å²) in [6.45, 7) is 10.5. The first kappa shape index (κ1) is 20.1. The van der Waals surface area contributed by atoms with Crippen molar-refractivity contribution in [2.24, 2.45) is 0 Å². The van der Waals surface area contributed by atoms with Crippen molar-refractivity contribution >= 4 is 11.8 Å². The molecule has 1 aliphatic heterocycles. The van der Waals surface area contributed by atoms with Gasteiger partial charge in [0, 0.05) is 24.2 Å². The maximum Gasteiger partial charge on any atom is 0.276 e. The third-order valence-corrected chi connectivity index (χ3v) is 5.15. The quantitative estimate of drug-likeness (QED) is 0.872. The molecule has 1 atom stereocenters. The second-order valence-corrected chi connectivity index (χ2v) is 8.02. The smallest absolute Gasteiger partial charge is 0.276 e. The normalized spacial score (nSPS) is 17.1. The summed E-state index contributed by atoms with van der Waals surface area (Å²) in [6.07, 6.45) is 2.50. The van der Waals surface area contributed by atoms with Crippen molar-refractivity contribution in [1.82, 2.24) is 15.4 Å². The van der Waals surface area contributed by atoms with Crippen molar-refractivity contribution in [3.63, 3.8) is 0 Å². The lowest BCUT2D eigenvalue weighted by Gasteiger charge is -2.34. The van der Waals surface area contributed by atoms with Gasteiger partial charge in [0.25, 0.3) is 5.91 Å². The number of aryl methyl sites for hydroxylation is 3. The molecular weight excluding hydrogens is 354 g/mol. The molecule has 1 N–H and O–H groups in total. The number of aromatic nitrogens is 1. The summed E-state index contributed by atoms with van der Waals surface area (Å²) in [5, 5.41) is 6.95. The van der Waals surface area contributed by atoms with E-state index < -0.39 is 6.04 Å². The fourth-order valence-corrected chi connectivity index (χ4v) is 4.04. The molecule has 0 aliphatic carbocycles. The topological polar surface area (TPSA) is 75.4 Å². The van der Waals surface area contributed by atoms with E-state index >= 15 is 0 Å². The minimum absolute atomic E-state index is 0.0394. The van der Waals surface area contributed by atoms with Crippen molar-refractivity contribution in [1.29, 1.82) is 0 Å². The van der Waals surface area contributed by atoms with Crippen molar-refractivity contribution in [2.45, 2.75) is 66.0 Å². The van der Waals surface area contributed by atoms with Gasteiger partial charge in [0.2, 0.25) is 5.91 Å². The molecule has 6 heteroatoms. The van der Waals surface area contributed by atoms with E-state index in [1.54, 1.807) is 11.0 Å². The lowest BCUT2D eigenvalue weighted by atomic mass is 9.97. The van der Waals surface area contributed by atoms with Crippen LogP contribution in [0.25, 0.3) is 11.3 Å². The van der Waals surface area contributed by atoms with Crippen LogP contribution in [0.4, 0.5) is 0 Å². The SMILES string of the molecule is Cc1cc(C)c(-c2cc(C(=O)N3CCCC[C@H]3C(=O)NC(C)C)no2)c(C)c1. The van der Waals surface area contributed by atoms with Crippen LogP contribution in [0.2, 0.25) is 0 Å². The molecule has 1 aromatic heterocycles. The summed E-state index contributed by atoms with van der Waals surface area (Å²) in [7, 11) is 0. The zero-order valence-corrected chi connectivity index (χ0v) is 17.3. The van der Waals surface area contributed by atoms with Gasteiger partial charge in [-0.15, -0.1) is 0 Å². The first-order chi connectivity index (χ1) is 13.3. The molecule has 2 amide bonds. The second-order valence-electron chi connectivity index (χ2n) is 8.02. The zero-order valence-electron chi connectivity index (χ0n) is 17.3. The lowest BCUT2D eigenvalue weighted by Crippen LogP contribution is -2.53. The number of hydrogen-bond acceptors (Lipinski definition) is 4. The van der Waals surface area contributed by atoms with Gasteiger partial charge in [-0.1, -0.05) is 22.9 Å². The molecule has 1 saturated heterocycles. The van der Waals surface area contributed by atoms with E-state index in [-0.39, 0.29) is 23.6 Å². The Bertz CT molecular complexity index is 862. The van der Waals surface area contributed by atoms with E-state index in [0.717, 1.165) is 29.5 Å². The number of piperidine rings is 1. The molecule has 0 saturated carbocycles. The Morgan fingerprint density at radius 1 is 1.14 bits per heavy atom. The largest absolute Gasteiger partial charge is 0.355 e. The summed E-state index contributed by atoms with van der Waals surface area (Å²) in [4.78, 5) is 27.3. The van der Waals surface area contributed by atoms with Gasteiger partial charge >= 0.3 is 0 Å². The molecule has 1 fully saturated rings. The van der Waals surface area contributed by atoms with Gasteiger partial charge in [0.15, 0.2) is 11.5 Å². The molecule has 2 aromatic rings. The van der Waals surface area contributed by atoms with Crippen LogP contribution in [-0.2, 0) is 4.79 Å². The number of carbonyl (C=O) groups is 2. The number of carbonyl (C=O) groups excluding carboxylic acids is 2. The summed E-state index contributed by atoms with van der Waals surface area (Å²) in [5.41, 5.74) is 4.56. The Morgan fingerprint density at radius 2 is 1.82 bits per heavy atom. The number of nitrogens with zero attached hydrogens (tertiary/aromatic N) is 2. The van der Waals surface area contributed by atoms with Crippen LogP contribution in [-0.4, -0.2) is 40.5 Å². The van der Waals surface area contributed by atoms with Gasteiger partial charge in [-0.25, -0.2) is 0 Å². The van der Waals surface area contributed by atoms with Gasteiger partial charge in [-0.3, -0.25) is 9.59 Å². The molecule has 3 rings (SSSR count). The summed E-state index contributed by atoms with van der Waals surface area (Å²) < 4.78 is 5.53. The first-order valence-electron chi connectivity index (χ1n) is 9.94. The van der Waals surface area contributed by atoms with Gasteiger partial charge in [-0.2, -0.15) is 0 Å². The maximum absolute atomic E-state index is 13.1. The molecule has 0 unspecified atom stereocenters. The Kier molecular flexibility index (Phi) is 5.87. The number of nitrogens with one attached hydrogen (secondary N) is 1. The lowest BCUT2D eigenvalue weighted by molar-refractivity contribution is -0.127. The van der Waals surface area contributed by atoms with E-state index in [1.165, 1.54) is 5.56 Å². The molecule has 6 nitrogen and oxygen atoms in total. The molecule has 0 radical (unpaired) electrons. The number of amides is 2. The predicted molar refractivity (Wildman–Crippen MR) is 108 cm³/mol. The Labute approximate surface area is 166 Å². The molecule has 0 spiro atoms. The third-order valence-electron chi connectivity index (χ3n) is 5.15. The molecule has 2 heterocycles. The number of hydrogen-bond donors (Lipinski definition) is 1. The fraction of sp³-hybridized carbons (Fsp3) is 0.500. The van der Waals surface area contributed by atoms with Gasteiger partial charge in [0.05, 0.1) is 0 Å². The zero-order chi connectivity index (χ0) is 20.4. The van der Waals surface area contributed by atoms with E-state index in [4.69, 9.17) is 4.52 Å². The summed E-state index contributed by atoms with van der Waals surface area (Å²) in [5.74, 6) is 0.233. The number of rotatable bonds is 4. The maximum atomic E-state index is 13.1. The molecular formula is C22H29N3O3. The average molecular weight is 383 g/mol. The number of benzene rings is 1. The molecule has 28 heavy (non-hydrogen) atoms. The first-order valence-corrected chi connectivity index (χ1v) is 9.94. The Morgan fingerprint density at radius 3 is 2.46 bits per heavy atom. The van der Waals surface area contributed by atoms with Crippen molar-refractivity contribution in [3.8, 4) is 11.3 Å². The van der Waals surface area contributed by atoms with Gasteiger partial charge in [-0.05, 0) is 65.0 Å². The molecule has 0 bridgehead atoms. The van der Waals surface area contributed by atoms with E-state index in [1.807, 2.05) is 27.7 Å². The second kappa shape index (κ2) is 8.17. The van der Waals surface area contributed by atoms with Crippen LogP contribution in [0.3, 0.4) is 0 Å². The van der Waals surface area contributed by atoms with Crippen LogP contribution < -0.4 is 5.32 Å². The predicted octanol–water partition coefficient (Wildman–Crippen LogP) is 3.79. The highest BCUT2D eigenvalue weighted by molar-refractivity contribution is 5.97. The monoisotopic (exact) mass is 383 g/mol. The van der Waals surface area contributed by atoms with Crippen molar-refractivity contribution in [2.75, 3.05) is 6.54 Å². The van der Waals surface area contributed by atoms with E-state index in [2.05, 4.69) is 29.5 Å². The summed E-state index contributed by atoms with van der Waals surface area (Å²) >= 11 is 0. The minimum Gasteiger partial charge on any atom is -0.355 e. The Balaban J connectivity index is 1.86. The summed E-state index contributed by atoms with van der Waals surface area (Å²) in [6, 6.07) is 5.45. The van der Waals surface area contributed by atoms with E-state index in [0.29, 0.717) is 18.7 Å². The standard InChI is InChI=1S/C22H29N3O3/c1-13(2)23-21(26)18-8-6-7-9-25(18)22(27)17-12-19(28-24-17)20-15(4)10-14(3)11-16(20)5/h10-13,18H,6-9H2,1-5H3,(H,23,26)/t18-/m0/s1. The highest BCUT2D eigenvalue weighted by Crippen LogP contribution is 2.30. The van der Waals surface area contributed by atoms with Gasteiger partial charge in [0.1, 0.15) is 6.04 Å². The van der Waals surface area contributed by atoms with Crippen LogP contribution in [0, 0.1) is 20.8 Å². The number of likely N-dealkylation sites (tertiary alicyclic amines) is 1. The van der Waals surface area contributed by atoms with E-state index in [9.17, 15) is 9.59 Å². The van der Waals surface area contributed by atoms with Crippen LogP contribution >= 0.6 is 0 Å². The molecule has 1 aliphatic rings. The van der Waals surface area contributed by atoms with Crippen LogP contribution in [0.1, 0.15) is 60.3 Å². The van der Waals surface area contributed by atoms with Crippen LogP contribution in [0.5, 0.6) is 0 Å².